The molecular weight excluding hydrogens is 184 g/mol. The minimum atomic E-state index is -1.22. The molecule has 0 aliphatic rings. The Hall–Kier alpha value is -1.23. The van der Waals surface area contributed by atoms with Crippen LogP contribution in [-0.4, -0.2) is 30.3 Å². The third-order valence-corrected chi connectivity index (χ3v) is 1.58. The van der Waals surface area contributed by atoms with Crippen molar-refractivity contribution in [3.8, 4) is 0 Å². The van der Waals surface area contributed by atoms with E-state index >= 15 is 0 Å². The number of rotatable bonds is 2. The van der Waals surface area contributed by atoms with E-state index in [-0.39, 0.29) is 10.8 Å². The molecule has 66 valence electrons. The van der Waals surface area contributed by atoms with Gasteiger partial charge in [-0.15, -0.1) is 0 Å². The van der Waals surface area contributed by atoms with Crippen LogP contribution in [0, 0.1) is 0 Å². The Morgan fingerprint density at radius 3 is 2.50 bits per heavy atom. The van der Waals surface area contributed by atoms with Crippen LogP contribution < -0.4 is 4.90 Å². The average Bonchev–Trinajstić information content (AvgIpc) is 2.30. The van der Waals surface area contributed by atoms with E-state index in [0.29, 0.717) is 5.82 Å². The first kappa shape index (κ1) is 8.86. The molecule has 0 radical (unpaired) electrons. The van der Waals surface area contributed by atoms with Gasteiger partial charge in [-0.05, 0) is 0 Å². The lowest BCUT2D eigenvalue weighted by Crippen LogP contribution is -2.09. The zero-order valence-corrected chi connectivity index (χ0v) is 7.29. The van der Waals surface area contributed by atoms with Gasteiger partial charge in [-0.25, -0.2) is 4.79 Å². The molecule has 0 saturated carbocycles. The van der Waals surface area contributed by atoms with Gasteiger partial charge in [0.05, 0.1) is 0 Å². The topological polar surface area (TPSA) is 66.6 Å². The van der Waals surface area contributed by atoms with Crippen LogP contribution in [0.4, 0.5) is 5.82 Å². The van der Waals surface area contributed by atoms with E-state index in [9.17, 15) is 4.79 Å². The van der Waals surface area contributed by atoms with Crippen LogP contribution in [-0.2, 0) is 0 Å². The molecule has 1 heterocycles. The number of carbonyl (C=O) groups is 1. The summed E-state index contributed by atoms with van der Waals surface area (Å²) in [6.45, 7) is 0. The molecule has 0 bridgehead atoms. The van der Waals surface area contributed by atoms with Crippen LogP contribution in [0.2, 0.25) is 5.02 Å². The van der Waals surface area contributed by atoms with Gasteiger partial charge in [0, 0.05) is 14.1 Å². The third-order valence-electron chi connectivity index (χ3n) is 1.24. The van der Waals surface area contributed by atoms with Gasteiger partial charge in [0.1, 0.15) is 5.02 Å². The summed E-state index contributed by atoms with van der Waals surface area (Å²) in [4.78, 5) is 12.0. The van der Waals surface area contributed by atoms with Crippen molar-refractivity contribution in [1.82, 2.24) is 5.16 Å². The van der Waals surface area contributed by atoms with E-state index in [1.807, 2.05) is 0 Å². The summed E-state index contributed by atoms with van der Waals surface area (Å²) in [7, 11) is 3.38. The summed E-state index contributed by atoms with van der Waals surface area (Å²) in [6.07, 6.45) is 0. The molecule has 0 atom stereocenters. The quantitative estimate of drug-likeness (QED) is 0.756. The van der Waals surface area contributed by atoms with Gasteiger partial charge in [0.2, 0.25) is 0 Å². The van der Waals surface area contributed by atoms with Crippen molar-refractivity contribution in [3.63, 3.8) is 0 Å². The average molecular weight is 191 g/mol. The summed E-state index contributed by atoms with van der Waals surface area (Å²) in [5.74, 6) is -1.24. The lowest BCUT2D eigenvalue weighted by Gasteiger charge is -2.05. The van der Waals surface area contributed by atoms with Gasteiger partial charge >= 0.3 is 5.97 Å². The Balaban J connectivity index is 3.13. The number of anilines is 1. The molecule has 0 fully saturated rings. The molecule has 0 unspecified atom stereocenters. The van der Waals surface area contributed by atoms with E-state index in [2.05, 4.69) is 9.68 Å². The van der Waals surface area contributed by atoms with Crippen LogP contribution in [0.25, 0.3) is 0 Å². The Bertz CT molecular complexity index is 308. The predicted octanol–water partition coefficient (Wildman–Crippen LogP) is 1.09. The molecule has 0 aliphatic heterocycles. The van der Waals surface area contributed by atoms with Crippen molar-refractivity contribution >= 4 is 23.4 Å². The van der Waals surface area contributed by atoms with Gasteiger partial charge in [0.25, 0.3) is 5.76 Å². The Morgan fingerprint density at radius 1 is 1.67 bits per heavy atom. The van der Waals surface area contributed by atoms with E-state index in [1.165, 1.54) is 0 Å². The molecule has 0 aromatic carbocycles. The highest BCUT2D eigenvalue weighted by atomic mass is 35.5. The first-order chi connectivity index (χ1) is 5.54. The summed E-state index contributed by atoms with van der Waals surface area (Å²) in [5, 5.41) is 12.0. The van der Waals surface area contributed by atoms with Gasteiger partial charge < -0.3 is 14.5 Å². The lowest BCUT2D eigenvalue weighted by atomic mass is 10.4. The van der Waals surface area contributed by atoms with Crippen molar-refractivity contribution in [2.75, 3.05) is 19.0 Å². The summed E-state index contributed by atoms with van der Waals surface area (Å²) >= 11 is 5.64. The number of nitrogens with zero attached hydrogens (tertiary/aromatic N) is 2. The van der Waals surface area contributed by atoms with Gasteiger partial charge in [-0.2, -0.15) is 0 Å². The SMILES string of the molecule is CN(C)c1noc(C(=O)O)c1Cl. The van der Waals surface area contributed by atoms with Crippen molar-refractivity contribution in [3.05, 3.63) is 10.8 Å². The molecule has 5 nitrogen and oxygen atoms in total. The number of carboxylic acid groups (broad SMARTS) is 1. The van der Waals surface area contributed by atoms with Crippen molar-refractivity contribution in [2.45, 2.75) is 0 Å². The standard InChI is InChI=1S/C6H7ClN2O3/c1-9(2)5-3(7)4(6(10)11)12-8-5/h1-2H3,(H,10,11). The molecule has 1 aromatic rings. The molecule has 1 rings (SSSR count). The highest BCUT2D eigenvalue weighted by Gasteiger charge is 2.20. The number of halogens is 1. The van der Waals surface area contributed by atoms with Crippen LogP contribution in [0.5, 0.6) is 0 Å². The largest absolute Gasteiger partial charge is 0.475 e. The van der Waals surface area contributed by atoms with Crippen LogP contribution >= 0.6 is 11.6 Å². The van der Waals surface area contributed by atoms with E-state index in [1.54, 1.807) is 19.0 Å². The van der Waals surface area contributed by atoms with E-state index in [0.717, 1.165) is 0 Å². The van der Waals surface area contributed by atoms with Crippen molar-refractivity contribution in [2.24, 2.45) is 0 Å². The van der Waals surface area contributed by atoms with Gasteiger partial charge in [0.15, 0.2) is 5.82 Å². The van der Waals surface area contributed by atoms with Gasteiger partial charge in [-0.3, -0.25) is 0 Å². The maximum atomic E-state index is 10.4. The second-order valence-corrected chi connectivity index (χ2v) is 2.73. The monoisotopic (exact) mass is 190 g/mol. The van der Waals surface area contributed by atoms with Crippen LogP contribution in [0.1, 0.15) is 10.6 Å². The lowest BCUT2D eigenvalue weighted by molar-refractivity contribution is 0.0652. The minimum Gasteiger partial charge on any atom is -0.475 e. The molecule has 0 saturated heterocycles. The predicted molar refractivity (Wildman–Crippen MR) is 42.8 cm³/mol. The highest BCUT2D eigenvalue weighted by molar-refractivity contribution is 6.35. The normalized spacial score (nSPS) is 9.92. The van der Waals surface area contributed by atoms with Crippen molar-refractivity contribution in [1.29, 1.82) is 0 Å². The summed E-state index contributed by atoms with van der Waals surface area (Å²) in [5.41, 5.74) is 0. The first-order valence-corrected chi connectivity index (χ1v) is 3.47. The molecule has 0 spiro atoms. The molecule has 0 amide bonds. The number of hydrogen-bond donors (Lipinski definition) is 1. The number of carboxylic acids is 1. The fraction of sp³-hybridized carbons (Fsp3) is 0.333. The summed E-state index contributed by atoms with van der Waals surface area (Å²) < 4.78 is 4.50. The van der Waals surface area contributed by atoms with Crippen molar-refractivity contribution < 1.29 is 14.4 Å². The molecule has 1 N–H and O–H groups in total. The Kier molecular flexibility index (Phi) is 2.23. The maximum absolute atomic E-state index is 10.4. The zero-order chi connectivity index (χ0) is 9.30. The summed E-state index contributed by atoms with van der Waals surface area (Å²) in [6, 6.07) is 0. The number of aromatic carboxylic acids is 1. The smallest absolute Gasteiger partial charge is 0.376 e. The maximum Gasteiger partial charge on any atom is 0.376 e. The molecular formula is C6H7ClN2O3. The van der Waals surface area contributed by atoms with Crippen LogP contribution in [0.15, 0.2) is 4.52 Å². The molecule has 1 aromatic heterocycles. The Morgan fingerprint density at radius 2 is 2.25 bits per heavy atom. The molecule has 6 heteroatoms. The number of aromatic nitrogens is 1. The molecule has 12 heavy (non-hydrogen) atoms. The van der Waals surface area contributed by atoms with E-state index in [4.69, 9.17) is 16.7 Å². The fourth-order valence-corrected chi connectivity index (χ4v) is 1.00. The fourth-order valence-electron chi connectivity index (χ4n) is 0.681. The molecule has 0 aliphatic carbocycles. The zero-order valence-electron chi connectivity index (χ0n) is 6.54. The van der Waals surface area contributed by atoms with Crippen LogP contribution in [0.3, 0.4) is 0 Å². The Labute approximate surface area is 73.5 Å². The van der Waals surface area contributed by atoms with E-state index < -0.39 is 5.97 Å². The second-order valence-electron chi connectivity index (χ2n) is 2.35. The third kappa shape index (κ3) is 1.35. The first-order valence-electron chi connectivity index (χ1n) is 3.10. The second kappa shape index (κ2) is 3.02. The van der Waals surface area contributed by atoms with Gasteiger partial charge in [-0.1, -0.05) is 16.8 Å². The number of hydrogen-bond acceptors (Lipinski definition) is 4. The highest BCUT2D eigenvalue weighted by Crippen LogP contribution is 2.26. The minimum absolute atomic E-state index is 0.0208.